The number of nitrogens with one attached hydrogen (secondary N) is 3. The summed E-state index contributed by atoms with van der Waals surface area (Å²) < 4.78 is 39.9. The Balaban J connectivity index is 1.16. The van der Waals surface area contributed by atoms with Crippen LogP contribution in [0.3, 0.4) is 0 Å². The van der Waals surface area contributed by atoms with Crippen LogP contribution in [0.25, 0.3) is 10.9 Å². The monoisotopic (exact) mass is 629 g/mol. The van der Waals surface area contributed by atoms with Gasteiger partial charge in [-0.15, -0.1) is 0 Å². The number of hydrogen-bond donors (Lipinski definition) is 3. The van der Waals surface area contributed by atoms with Crippen molar-refractivity contribution < 1.29 is 23.0 Å². The molecule has 11 heteroatoms. The summed E-state index contributed by atoms with van der Waals surface area (Å²) in [7, 11) is 3.05. The van der Waals surface area contributed by atoms with Crippen molar-refractivity contribution in [2.45, 2.75) is 50.1 Å². The molecule has 3 unspecified atom stereocenters. The van der Waals surface area contributed by atoms with E-state index in [-0.39, 0.29) is 29.5 Å². The van der Waals surface area contributed by atoms with E-state index in [2.05, 4.69) is 15.6 Å². The van der Waals surface area contributed by atoms with Crippen LogP contribution < -0.4 is 30.6 Å². The first kappa shape index (κ1) is 30.2. The van der Waals surface area contributed by atoms with Crippen LogP contribution in [-0.2, 0) is 17.6 Å². The second kappa shape index (κ2) is 12.0. The fourth-order valence-electron chi connectivity index (χ4n) is 7.40. The molecule has 0 radical (unpaired) electrons. The summed E-state index contributed by atoms with van der Waals surface area (Å²) in [5, 5.41) is 7.08. The van der Waals surface area contributed by atoms with Gasteiger partial charge < -0.3 is 25.0 Å². The molecule has 3 heterocycles. The van der Waals surface area contributed by atoms with Crippen molar-refractivity contribution in [1.82, 2.24) is 20.6 Å². The van der Waals surface area contributed by atoms with Gasteiger partial charge in [0.15, 0.2) is 11.5 Å². The van der Waals surface area contributed by atoms with Crippen molar-refractivity contribution in [2.24, 2.45) is 5.41 Å². The Bertz CT molecular complexity index is 1840. The molecule has 240 valence electrons. The predicted molar refractivity (Wildman–Crippen MR) is 171 cm³/mol. The Morgan fingerprint density at radius 3 is 2.48 bits per heavy atom. The van der Waals surface area contributed by atoms with Crippen LogP contribution in [0.2, 0.25) is 0 Å². The van der Waals surface area contributed by atoms with Gasteiger partial charge in [0.25, 0.3) is 5.56 Å². The van der Waals surface area contributed by atoms with Crippen molar-refractivity contribution in [3.63, 3.8) is 0 Å². The number of aromatic amines is 1. The third-order valence-electron chi connectivity index (χ3n) is 9.97. The van der Waals surface area contributed by atoms with E-state index < -0.39 is 17.0 Å². The van der Waals surface area contributed by atoms with E-state index in [1.807, 2.05) is 35.2 Å². The van der Waals surface area contributed by atoms with Crippen molar-refractivity contribution in [2.75, 3.05) is 38.8 Å². The van der Waals surface area contributed by atoms with Crippen LogP contribution in [0.5, 0.6) is 11.5 Å². The zero-order valence-corrected chi connectivity index (χ0v) is 25.9. The Labute approximate surface area is 265 Å². The molecule has 1 amide bonds. The molecule has 3 aromatic carbocycles. The van der Waals surface area contributed by atoms with E-state index >= 15 is 0 Å². The maximum atomic E-state index is 14.7. The first-order valence-electron chi connectivity index (χ1n) is 15.8. The summed E-state index contributed by atoms with van der Waals surface area (Å²) in [6, 6.07) is 15.5. The summed E-state index contributed by atoms with van der Waals surface area (Å²) in [6.07, 6.45) is 2.62. The first-order valence-corrected chi connectivity index (χ1v) is 15.8. The molecule has 3 atom stereocenters. The number of halogens is 2. The zero-order valence-electron chi connectivity index (χ0n) is 25.9. The van der Waals surface area contributed by atoms with Gasteiger partial charge in [-0.3, -0.25) is 14.6 Å². The molecule has 2 fully saturated rings. The number of fused-ring (bicyclic) bond motifs is 2. The van der Waals surface area contributed by atoms with E-state index in [9.17, 15) is 18.4 Å². The smallest absolute Gasteiger partial charge is 0.260 e. The highest BCUT2D eigenvalue weighted by Gasteiger charge is 2.46. The van der Waals surface area contributed by atoms with Gasteiger partial charge >= 0.3 is 0 Å². The highest BCUT2D eigenvalue weighted by atomic mass is 19.1. The number of ether oxygens (including phenoxy) is 2. The average Bonchev–Trinajstić information content (AvgIpc) is 3.90. The maximum absolute atomic E-state index is 14.7. The second-order valence-electron chi connectivity index (χ2n) is 12.7. The molecule has 1 aromatic heterocycles. The molecular weight excluding hydrogens is 592 g/mol. The number of anilines is 1. The van der Waals surface area contributed by atoms with Crippen LogP contribution in [0.1, 0.15) is 41.9 Å². The highest BCUT2D eigenvalue weighted by molar-refractivity contribution is 5.84. The molecule has 1 aliphatic carbocycles. The van der Waals surface area contributed by atoms with Crippen molar-refractivity contribution >= 4 is 22.8 Å². The molecule has 0 spiro atoms. The summed E-state index contributed by atoms with van der Waals surface area (Å²) >= 11 is 0. The third kappa shape index (κ3) is 5.57. The summed E-state index contributed by atoms with van der Waals surface area (Å²) in [5.74, 6) is -0.0202. The topological polar surface area (TPSA) is 118 Å². The number of aromatic nitrogens is 2. The van der Waals surface area contributed by atoms with Gasteiger partial charge in [-0.2, -0.15) is 0 Å². The third-order valence-corrected chi connectivity index (χ3v) is 9.97. The van der Waals surface area contributed by atoms with E-state index in [0.717, 1.165) is 18.2 Å². The molecular formula is C35H37F2N5O4. The number of amides is 1. The molecule has 3 N–H and O–H groups in total. The number of nitrogens with zero attached hydrogens (tertiary/aromatic N) is 2. The second-order valence-corrected chi connectivity index (χ2v) is 12.7. The fourth-order valence-corrected chi connectivity index (χ4v) is 7.40. The quantitative estimate of drug-likeness (QED) is 0.250. The van der Waals surface area contributed by atoms with Gasteiger partial charge in [0.2, 0.25) is 11.9 Å². The lowest BCUT2D eigenvalue weighted by Gasteiger charge is -2.43. The highest BCUT2D eigenvalue weighted by Crippen LogP contribution is 2.41. The lowest BCUT2D eigenvalue weighted by Crippen LogP contribution is -2.54. The first-order chi connectivity index (χ1) is 22.3. The van der Waals surface area contributed by atoms with Crippen LogP contribution in [0, 0.1) is 17.0 Å². The molecule has 0 bridgehead atoms. The van der Waals surface area contributed by atoms with Gasteiger partial charge in [-0.05, 0) is 60.9 Å². The van der Waals surface area contributed by atoms with E-state index in [1.165, 1.54) is 20.3 Å². The predicted octanol–water partition coefficient (Wildman–Crippen LogP) is 4.23. The molecule has 9 nitrogen and oxygen atoms in total. The van der Waals surface area contributed by atoms with Crippen molar-refractivity contribution in [1.29, 1.82) is 0 Å². The summed E-state index contributed by atoms with van der Waals surface area (Å²) in [5.41, 5.74) is 1.73. The minimum Gasteiger partial charge on any atom is -0.493 e. The minimum atomic E-state index is -0.722. The van der Waals surface area contributed by atoms with Gasteiger partial charge in [0, 0.05) is 49.8 Å². The number of carbonyl (C=O) groups excluding carboxylic acids is 1. The number of hydrogen-bond acceptors (Lipinski definition) is 7. The van der Waals surface area contributed by atoms with Crippen LogP contribution in [0.15, 0.2) is 59.4 Å². The number of H-pyrrole nitrogens is 1. The molecule has 2 saturated heterocycles. The lowest BCUT2D eigenvalue weighted by molar-refractivity contribution is -0.133. The Morgan fingerprint density at radius 1 is 1.07 bits per heavy atom. The fraction of sp³-hybridized carbons (Fsp3) is 0.400. The van der Waals surface area contributed by atoms with Gasteiger partial charge in [-0.1, -0.05) is 30.3 Å². The average molecular weight is 630 g/mol. The number of rotatable bonds is 8. The van der Waals surface area contributed by atoms with Gasteiger partial charge in [0.05, 0.1) is 30.5 Å². The normalized spacial score (nSPS) is 21.8. The molecule has 3 aliphatic rings. The number of carbonyl (C=O) groups is 1. The minimum absolute atomic E-state index is 0.0521. The SMILES string of the molecule is COc1cc2nc(N3CCC(Cc4ccccc4)(C(=O)NC4CCc5c(F)cc(F)cc5C4C4CN4)CC3)[nH]c(=O)c2cc1OC. The summed E-state index contributed by atoms with van der Waals surface area (Å²) in [4.78, 5) is 37.2. The molecule has 0 saturated carbocycles. The zero-order chi connectivity index (χ0) is 32.0. The Hall–Kier alpha value is -4.51. The maximum Gasteiger partial charge on any atom is 0.260 e. The number of methoxy groups -OCH3 is 2. The largest absolute Gasteiger partial charge is 0.493 e. The van der Waals surface area contributed by atoms with Crippen LogP contribution >= 0.6 is 0 Å². The van der Waals surface area contributed by atoms with Crippen molar-refractivity contribution in [3.8, 4) is 11.5 Å². The molecule has 46 heavy (non-hydrogen) atoms. The number of piperidine rings is 1. The van der Waals surface area contributed by atoms with Crippen molar-refractivity contribution in [3.05, 3.63) is 93.3 Å². The summed E-state index contributed by atoms with van der Waals surface area (Å²) in [6.45, 7) is 1.74. The van der Waals surface area contributed by atoms with Gasteiger partial charge in [-0.25, -0.2) is 13.8 Å². The van der Waals surface area contributed by atoms with E-state index in [0.29, 0.717) is 84.7 Å². The van der Waals surface area contributed by atoms with E-state index in [1.54, 1.807) is 12.1 Å². The van der Waals surface area contributed by atoms with Crippen LogP contribution in [-0.4, -0.2) is 61.8 Å². The number of benzene rings is 3. The molecule has 4 aromatic rings. The Kier molecular flexibility index (Phi) is 7.88. The lowest BCUT2D eigenvalue weighted by atomic mass is 9.71. The van der Waals surface area contributed by atoms with E-state index in [4.69, 9.17) is 14.5 Å². The standard InChI is InChI=1S/C35H37F2N5O4/c1-45-29-16-24-27(17-30(29)46-2)40-34(41-32(24)43)42-12-10-35(11-13-42,18-20-6-4-3-5-7-20)33(44)39-26-9-8-22-23(31(26)28-19-38-28)14-21(36)15-25(22)37/h3-7,14-17,26,28,31,38H,8-13,18-19H2,1-2H3,(H,39,44)(H,40,41,43). The van der Waals surface area contributed by atoms with Crippen LogP contribution in [0.4, 0.5) is 14.7 Å². The molecule has 7 rings (SSSR count). The Morgan fingerprint density at radius 2 is 1.78 bits per heavy atom. The molecule has 2 aliphatic heterocycles. The van der Waals surface area contributed by atoms with Gasteiger partial charge in [0.1, 0.15) is 11.6 Å².